The van der Waals surface area contributed by atoms with Crippen LogP contribution in [0.4, 0.5) is 0 Å². The Labute approximate surface area is 154 Å². The van der Waals surface area contributed by atoms with Crippen LogP contribution >= 0.6 is 0 Å². The highest BCUT2D eigenvalue weighted by Crippen LogP contribution is 2.24. The molecule has 0 amide bonds. The number of aryl methyl sites for hydroxylation is 1. The summed E-state index contributed by atoms with van der Waals surface area (Å²) < 4.78 is 27.9. The van der Waals surface area contributed by atoms with Crippen molar-refractivity contribution in [3.63, 3.8) is 0 Å². The molecular weight excluding hydrogens is 334 g/mol. The summed E-state index contributed by atoms with van der Waals surface area (Å²) in [6.45, 7) is 10.7. The van der Waals surface area contributed by atoms with Crippen LogP contribution in [-0.4, -0.2) is 37.0 Å². The van der Waals surface area contributed by atoms with Gasteiger partial charge in [-0.25, -0.2) is 8.42 Å². The molecule has 0 bridgehead atoms. The second-order valence-electron chi connectivity index (χ2n) is 7.54. The van der Waals surface area contributed by atoms with Gasteiger partial charge in [0, 0.05) is 12.6 Å². The van der Waals surface area contributed by atoms with Crippen LogP contribution in [0.1, 0.15) is 58.9 Å². The van der Waals surface area contributed by atoms with Gasteiger partial charge in [0.25, 0.3) is 0 Å². The van der Waals surface area contributed by atoms with E-state index in [0.717, 1.165) is 24.8 Å². The summed E-state index contributed by atoms with van der Waals surface area (Å²) in [5, 5.41) is 9.90. The Morgan fingerprint density at radius 3 is 2.12 bits per heavy atom. The molecule has 0 saturated heterocycles. The maximum absolute atomic E-state index is 13.2. The predicted molar refractivity (Wildman–Crippen MR) is 104 cm³/mol. The first-order chi connectivity index (χ1) is 11.7. The SMILES string of the molecule is CCC(C)CC[C@@H](CO)N(CCC(C)C)S(=O)(=O)c1ccc(C)cc1. The monoisotopic (exact) mass is 369 g/mol. The van der Waals surface area contributed by atoms with Gasteiger partial charge in [0.15, 0.2) is 0 Å². The molecule has 0 aliphatic carbocycles. The average Bonchev–Trinajstić information content (AvgIpc) is 2.57. The second kappa shape index (κ2) is 10.3. The molecule has 25 heavy (non-hydrogen) atoms. The topological polar surface area (TPSA) is 57.6 Å². The van der Waals surface area contributed by atoms with Gasteiger partial charge in [0.05, 0.1) is 11.5 Å². The van der Waals surface area contributed by atoms with Crippen molar-refractivity contribution in [2.75, 3.05) is 13.2 Å². The van der Waals surface area contributed by atoms with E-state index in [4.69, 9.17) is 0 Å². The second-order valence-corrected chi connectivity index (χ2v) is 9.43. The van der Waals surface area contributed by atoms with Gasteiger partial charge in [-0.15, -0.1) is 0 Å². The lowest BCUT2D eigenvalue weighted by atomic mass is 9.99. The van der Waals surface area contributed by atoms with Crippen molar-refractivity contribution in [3.05, 3.63) is 29.8 Å². The average molecular weight is 370 g/mol. The zero-order valence-electron chi connectivity index (χ0n) is 16.4. The van der Waals surface area contributed by atoms with Crippen LogP contribution in [0, 0.1) is 18.8 Å². The Bertz CT molecular complexity index is 596. The minimum atomic E-state index is -3.61. The standard InChI is InChI=1S/C20H35NO3S/c1-6-17(4)7-10-19(15-22)21(14-13-16(2)3)25(23,24)20-11-8-18(5)9-12-20/h8-9,11-12,16-17,19,22H,6-7,10,13-15H2,1-5H3/t17?,19-/m0/s1. The number of aliphatic hydroxyl groups is 1. The van der Waals surface area contributed by atoms with Crippen molar-refractivity contribution in [1.82, 2.24) is 4.31 Å². The molecule has 1 aromatic rings. The first-order valence-corrected chi connectivity index (χ1v) is 10.9. The lowest BCUT2D eigenvalue weighted by molar-refractivity contribution is 0.168. The van der Waals surface area contributed by atoms with Crippen LogP contribution in [0.15, 0.2) is 29.2 Å². The van der Waals surface area contributed by atoms with Gasteiger partial charge in [-0.3, -0.25) is 0 Å². The van der Waals surface area contributed by atoms with E-state index in [0.29, 0.717) is 29.7 Å². The van der Waals surface area contributed by atoms with Gasteiger partial charge < -0.3 is 5.11 Å². The Balaban J connectivity index is 3.09. The molecule has 1 N–H and O–H groups in total. The fourth-order valence-electron chi connectivity index (χ4n) is 2.74. The van der Waals surface area contributed by atoms with Gasteiger partial charge in [0.1, 0.15) is 0 Å². The van der Waals surface area contributed by atoms with Gasteiger partial charge in [0.2, 0.25) is 10.0 Å². The van der Waals surface area contributed by atoms with E-state index in [9.17, 15) is 13.5 Å². The summed E-state index contributed by atoms with van der Waals surface area (Å²) in [5.41, 5.74) is 1.03. The molecule has 0 aliphatic heterocycles. The lowest BCUT2D eigenvalue weighted by Crippen LogP contribution is -2.43. The molecule has 4 nitrogen and oxygen atoms in total. The molecule has 1 aromatic carbocycles. The highest BCUT2D eigenvalue weighted by atomic mass is 32.2. The molecule has 5 heteroatoms. The zero-order chi connectivity index (χ0) is 19.0. The van der Waals surface area contributed by atoms with E-state index in [2.05, 4.69) is 27.7 Å². The molecule has 0 spiro atoms. The summed E-state index contributed by atoms with van der Waals surface area (Å²) >= 11 is 0. The van der Waals surface area contributed by atoms with Crippen LogP contribution in [-0.2, 0) is 10.0 Å². The molecule has 2 atom stereocenters. The number of sulfonamides is 1. The highest BCUT2D eigenvalue weighted by molar-refractivity contribution is 7.89. The van der Waals surface area contributed by atoms with E-state index in [1.54, 1.807) is 12.1 Å². The molecule has 144 valence electrons. The lowest BCUT2D eigenvalue weighted by Gasteiger charge is -2.31. The summed E-state index contributed by atoms with van der Waals surface area (Å²) in [6.07, 6.45) is 3.46. The first kappa shape index (κ1) is 22.1. The van der Waals surface area contributed by atoms with Crippen LogP contribution in [0.5, 0.6) is 0 Å². The normalized spacial score (nSPS) is 14.9. The third kappa shape index (κ3) is 6.72. The van der Waals surface area contributed by atoms with Crippen molar-refractivity contribution in [1.29, 1.82) is 0 Å². The van der Waals surface area contributed by atoms with Crippen molar-refractivity contribution >= 4 is 10.0 Å². The number of rotatable bonds is 11. The van der Waals surface area contributed by atoms with E-state index < -0.39 is 10.0 Å². The van der Waals surface area contributed by atoms with E-state index in [1.807, 2.05) is 19.1 Å². The number of hydrogen-bond acceptors (Lipinski definition) is 3. The minimum absolute atomic E-state index is 0.139. The summed E-state index contributed by atoms with van der Waals surface area (Å²) in [5.74, 6) is 0.938. The predicted octanol–water partition coefficient (Wildman–Crippen LogP) is 4.22. The summed E-state index contributed by atoms with van der Waals surface area (Å²) in [4.78, 5) is 0.309. The Morgan fingerprint density at radius 2 is 1.64 bits per heavy atom. The Morgan fingerprint density at radius 1 is 1.04 bits per heavy atom. The van der Waals surface area contributed by atoms with Crippen LogP contribution in [0.25, 0.3) is 0 Å². The van der Waals surface area contributed by atoms with Crippen LogP contribution < -0.4 is 0 Å². The van der Waals surface area contributed by atoms with Crippen LogP contribution in [0.3, 0.4) is 0 Å². The molecule has 1 rings (SSSR count). The van der Waals surface area contributed by atoms with Gasteiger partial charge >= 0.3 is 0 Å². The van der Waals surface area contributed by atoms with Crippen molar-refractivity contribution in [2.45, 2.75) is 71.2 Å². The molecule has 0 saturated carbocycles. The maximum atomic E-state index is 13.2. The Kier molecular flexibility index (Phi) is 9.11. The van der Waals surface area contributed by atoms with Gasteiger partial charge in [-0.1, -0.05) is 51.8 Å². The van der Waals surface area contributed by atoms with Crippen molar-refractivity contribution in [2.24, 2.45) is 11.8 Å². The zero-order valence-corrected chi connectivity index (χ0v) is 17.2. The smallest absolute Gasteiger partial charge is 0.243 e. The number of aliphatic hydroxyl groups excluding tert-OH is 1. The summed E-state index contributed by atoms with van der Waals surface area (Å²) in [7, 11) is -3.61. The highest BCUT2D eigenvalue weighted by Gasteiger charge is 2.31. The molecule has 0 heterocycles. The number of benzene rings is 1. The molecule has 1 unspecified atom stereocenters. The Hall–Kier alpha value is -0.910. The largest absolute Gasteiger partial charge is 0.395 e. The molecule has 0 radical (unpaired) electrons. The van der Waals surface area contributed by atoms with E-state index in [-0.39, 0.29) is 12.6 Å². The third-order valence-electron chi connectivity index (χ3n) is 4.86. The number of hydrogen-bond donors (Lipinski definition) is 1. The van der Waals surface area contributed by atoms with E-state index >= 15 is 0 Å². The van der Waals surface area contributed by atoms with Gasteiger partial charge in [-0.05, 0) is 50.2 Å². The molecule has 0 aliphatic rings. The van der Waals surface area contributed by atoms with Crippen LogP contribution in [0.2, 0.25) is 0 Å². The molecular formula is C20H35NO3S. The fourth-order valence-corrected chi connectivity index (χ4v) is 4.40. The third-order valence-corrected chi connectivity index (χ3v) is 6.83. The quantitative estimate of drug-likeness (QED) is 0.635. The first-order valence-electron chi connectivity index (χ1n) is 9.41. The molecule has 0 aromatic heterocycles. The van der Waals surface area contributed by atoms with Crippen molar-refractivity contribution < 1.29 is 13.5 Å². The van der Waals surface area contributed by atoms with Gasteiger partial charge in [-0.2, -0.15) is 4.31 Å². The van der Waals surface area contributed by atoms with E-state index in [1.165, 1.54) is 4.31 Å². The summed E-state index contributed by atoms with van der Waals surface area (Å²) in [6, 6.07) is 6.60. The minimum Gasteiger partial charge on any atom is -0.395 e. The molecule has 0 fully saturated rings. The fraction of sp³-hybridized carbons (Fsp3) is 0.700. The number of nitrogens with zero attached hydrogens (tertiary/aromatic N) is 1. The van der Waals surface area contributed by atoms with Crippen molar-refractivity contribution in [3.8, 4) is 0 Å². The maximum Gasteiger partial charge on any atom is 0.243 e.